The van der Waals surface area contributed by atoms with Crippen LogP contribution in [0, 0.1) is 0 Å². The molecule has 1 nitrogen and oxygen atoms in total. The highest BCUT2D eigenvalue weighted by atomic mass is 35.5. The molecule has 0 heterocycles. The second kappa shape index (κ2) is 4.29. The van der Waals surface area contributed by atoms with Gasteiger partial charge in [-0.25, -0.2) is 0 Å². The Kier molecular flexibility index (Phi) is 3.52. The van der Waals surface area contributed by atoms with Crippen molar-refractivity contribution in [3.63, 3.8) is 0 Å². The van der Waals surface area contributed by atoms with Gasteiger partial charge >= 0.3 is 12.4 Å². The predicted molar refractivity (Wildman–Crippen MR) is 50.4 cm³/mol. The van der Waals surface area contributed by atoms with E-state index in [0.29, 0.717) is 6.07 Å². The lowest BCUT2D eigenvalue weighted by molar-refractivity contribution is -0.142. The highest BCUT2D eigenvalue weighted by molar-refractivity contribution is 6.17. The van der Waals surface area contributed by atoms with Gasteiger partial charge in [0.25, 0.3) is 0 Å². The molecule has 2 N–H and O–H groups in total. The van der Waals surface area contributed by atoms with Gasteiger partial charge in [0.1, 0.15) is 0 Å². The van der Waals surface area contributed by atoms with E-state index >= 15 is 0 Å². The van der Waals surface area contributed by atoms with E-state index < -0.39 is 40.6 Å². The third kappa shape index (κ3) is 2.96. The number of nitrogen functional groups attached to an aromatic ring is 1. The van der Waals surface area contributed by atoms with Crippen molar-refractivity contribution >= 4 is 17.3 Å². The van der Waals surface area contributed by atoms with Gasteiger partial charge in [-0.2, -0.15) is 26.3 Å². The molecule has 0 aliphatic heterocycles. The predicted octanol–water partition coefficient (Wildman–Crippen LogP) is 4.05. The molecule has 0 aliphatic rings. The molecule has 8 heteroatoms. The van der Waals surface area contributed by atoms with Crippen LogP contribution in [0.15, 0.2) is 12.1 Å². The average Bonchev–Trinajstić information content (AvgIpc) is 2.14. The molecule has 0 aliphatic carbocycles. The lowest BCUT2D eigenvalue weighted by Gasteiger charge is -2.16. The first-order valence-corrected chi connectivity index (χ1v) is 4.73. The Bertz CT molecular complexity index is 423. The fourth-order valence-corrected chi connectivity index (χ4v) is 1.44. The Morgan fingerprint density at radius 3 is 1.88 bits per heavy atom. The van der Waals surface area contributed by atoms with Gasteiger partial charge in [-0.05, 0) is 17.7 Å². The summed E-state index contributed by atoms with van der Waals surface area (Å²) in [7, 11) is 0. The molecule has 0 fully saturated rings. The second-order valence-corrected chi connectivity index (χ2v) is 3.49. The molecule has 0 bridgehead atoms. The third-order valence-electron chi connectivity index (χ3n) is 2.04. The molecule has 1 aromatic rings. The fourth-order valence-electron chi connectivity index (χ4n) is 1.22. The molecule has 0 spiro atoms. The molecule has 0 amide bonds. The van der Waals surface area contributed by atoms with Crippen LogP contribution in [-0.2, 0) is 18.2 Å². The van der Waals surface area contributed by atoms with Gasteiger partial charge < -0.3 is 5.73 Å². The molecule has 0 saturated heterocycles. The Labute approximate surface area is 97.2 Å². The molecule has 1 aromatic carbocycles. The largest absolute Gasteiger partial charge is 0.418 e. The zero-order valence-electron chi connectivity index (χ0n) is 8.08. The summed E-state index contributed by atoms with van der Waals surface area (Å²) in [4.78, 5) is 0. The van der Waals surface area contributed by atoms with Gasteiger partial charge in [0.05, 0.1) is 11.1 Å². The first-order chi connectivity index (χ1) is 7.57. The number of hydrogen-bond donors (Lipinski definition) is 1. The zero-order chi connectivity index (χ0) is 13.4. The average molecular weight is 278 g/mol. The minimum atomic E-state index is -4.95. The van der Waals surface area contributed by atoms with Crippen molar-refractivity contribution in [3.8, 4) is 0 Å². The lowest BCUT2D eigenvalue weighted by atomic mass is 10.0. The van der Waals surface area contributed by atoms with E-state index in [2.05, 4.69) is 0 Å². The highest BCUT2D eigenvalue weighted by Crippen LogP contribution is 2.40. The smallest absolute Gasteiger partial charge is 0.398 e. The van der Waals surface area contributed by atoms with E-state index in [-0.39, 0.29) is 6.07 Å². The van der Waals surface area contributed by atoms with Crippen LogP contribution in [0.5, 0.6) is 0 Å². The molecule has 0 saturated carbocycles. The van der Waals surface area contributed by atoms with E-state index in [1.165, 1.54) is 0 Å². The summed E-state index contributed by atoms with van der Waals surface area (Å²) < 4.78 is 74.4. The monoisotopic (exact) mass is 277 g/mol. The van der Waals surface area contributed by atoms with Gasteiger partial charge in [0.15, 0.2) is 0 Å². The van der Waals surface area contributed by atoms with Crippen molar-refractivity contribution in [2.24, 2.45) is 0 Å². The van der Waals surface area contributed by atoms with Gasteiger partial charge in [-0.1, -0.05) is 0 Å². The Hall–Kier alpha value is -1.11. The Morgan fingerprint density at radius 2 is 1.53 bits per heavy atom. The maximum absolute atomic E-state index is 12.4. The summed E-state index contributed by atoms with van der Waals surface area (Å²) >= 11 is 5.26. The molecule has 17 heavy (non-hydrogen) atoms. The number of anilines is 1. The first-order valence-electron chi connectivity index (χ1n) is 4.20. The molecule has 96 valence electrons. The normalized spacial score (nSPS) is 12.9. The van der Waals surface area contributed by atoms with Crippen molar-refractivity contribution < 1.29 is 26.3 Å². The molecular formula is C9H6ClF6N. The molecular weight excluding hydrogens is 272 g/mol. The third-order valence-corrected chi connectivity index (χ3v) is 2.33. The summed E-state index contributed by atoms with van der Waals surface area (Å²) in [5.41, 5.74) is 1.00. The van der Waals surface area contributed by atoms with Crippen molar-refractivity contribution in [3.05, 3.63) is 28.8 Å². The molecule has 0 unspecified atom stereocenters. The number of halogens is 7. The quantitative estimate of drug-likeness (QED) is 0.468. The summed E-state index contributed by atoms with van der Waals surface area (Å²) in [6.45, 7) is 0. The van der Waals surface area contributed by atoms with Gasteiger partial charge in [-0.15, -0.1) is 11.6 Å². The maximum Gasteiger partial charge on any atom is 0.418 e. The van der Waals surface area contributed by atoms with Crippen molar-refractivity contribution in [1.29, 1.82) is 0 Å². The minimum absolute atomic E-state index is 0.0224. The van der Waals surface area contributed by atoms with Crippen LogP contribution in [0.2, 0.25) is 0 Å². The van der Waals surface area contributed by atoms with Gasteiger partial charge in [0, 0.05) is 11.6 Å². The van der Waals surface area contributed by atoms with Crippen LogP contribution in [0.3, 0.4) is 0 Å². The van der Waals surface area contributed by atoms with E-state index in [0.717, 1.165) is 0 Å². The van der Waals surface area contributed by atoms with Crippen LogP contribution in [0.1, 0.15) is 16.7 Å². The van der Waals surface area contributed by atoms with E-state index in [1.54, 1.807) is 0 Å². The van der Waals surface area contributed by atoms with Crippen molar-refractivity contribution in [1.82, 2.24) is 0 Å². The van der Waals surface area contributed by atoms with Gasteiger partial charge in [-0.3, -0.25) is 0 Å². The number of rotatable bonds is 1. The standard InChI is InChI=1S/C9H6ClF6N/c10-3-4-1-5(8(11,12)13)2-6(7(4)17)9(14,15)16/h1-2H,3,17H2. The van der Waals surface area contributed by atoms with Crippen molar-refractivity contribution in [2.45, 2.75) is 18.2 Å². The SMILES string of the molecule is Nc1c(CCl)cc(C(F)(F)F)cc1C(F)(F)F. The van der Waals surface area contributed by atoms with Gasteiger partial charge in [0.2, 0.25) is 0 Å². The highest BCUT2D eigenvalue weighted by Gasteiger charge is 2.38. The second-order valence-electron chi connectivity index (χ2n) is 3.23. The maximum atomic E-state index is 12.4. The van der Waals surface area contributed by atoms with Crippen LogP contribution in [0.25, 0.3) is 0 Å². The topological polar surface area (TPSA) is 26.0 Å². The fraction of sp³-hybridized carbons (Fsp3) is 0.333. The first kappa shape index (κ1) is 14.0. The van der Waals surface area contributed by atoms with Crippen molar-refractivity contribution in [2.75, 3.05) is 5.73 Å². The molecule has 1 rings (SSSR count). The zero-order valence-corrected chi connectivity index (χ0v) is 8.84. The lowest BCUT2D eigenvalue weighted by Crippen LogP contribution is -2.15. The van der Waals surface area contributed by atoms with E-state index in [4.69, 9.17) is 17.3 Å². The van der Waals surface area contributed by atoms with Crippen LogP contribution >= 0.6 is 11.6 Å². The number of alkyl halides is 7. The van der Waals surface area contributed by atoms with Crippen LogP contribution in [0.4, 0.5) is 32.0 Å². The summed E-state index contributed by atoms with van der Waals surface area (Å²) in [6.07, 6.45) is -9.83. The number of nitrogens with two attached hydrogens (primary N) is 1. The van der Waals surface area contributed by atoms with E-state index in [1.807, 2.05) is 0 Å². The number of hydrogen-bond acceptors (Lipinski definition) is 1. The number of benzene rings is 1. The Balaban J connectivity index is 3.50. The van der Waals surface area contributed by atoms with Crippen LogP contribution in [-0.4, -0.2) is 0 Å². The summed E-state index contributed by atoms with van der Waals surface area (Å²) in [5, 5.41) is 0. The summed E-state index contributed by atoms with van der Waals surface area (Å²) in [6, 6.07) is 0.489. The molecule has 0 radical (unpaired) electrons. The Morgan fingerprint density at radius 1 is 1.00 bits per heavy atom. The molecule has 0 atom stereocenters. The molecule has 0 aromatic heterocycles. The van der Waals surface area contributed by atoms with Crippen LogP contribution < -0.4 is 5.73 Å². The minimum Gasteiger partial charge on any atom is -0.398 e. The summed E-state index contributed by atoms with van der Waals surface area (Å²) in [5.74, 6) is -0.529. The van der Waals surface area contributed by atoms with E-state index in [9.17, 15) is 26.3 Å².